The fourth-order valence-corrected chi connectivity index (χ4v) is 4.72. The van der Waals surface area contributed by atoms with E-state index < -0.39 is 6.10 Å². The molecule has 1 saturated carbocycles. The van der Waals surface area contributed by atoms with Crippen LogP contribution in [-0.4, -0.2) is 39.7 Å². The van der Waals surface area contributed by atoms with E-state index in [-0.39, 0.29) is 5.75 Å². The minimum Gasteiger partial charge on any atom is -0.506 e. The number of pyridine rings is 1. The molecule has 1 saturated heterocycles. The Kier molecular flexibility index (Phi) is 4.73. The number of benzene rings is 1. The van der Waals surface area contributed by atoms with Gasteiger partial charge in [0.2, 0.25) is 0 Å². The minimum absolute atomic E-state index is 0.135. The second-order valence-corrected chi connectivity index (χ2v) is 7.72. The van der Waals surface area contributed by atoms with Crippen molar-refractivity contribution in [3.05, 3.63) is 59.9 Å². The van der Waals surface area contributed by atoms with Gasteiger partial charge in [0, 0.05) is 19.6 Å². The topological polar surface area (TPSA) is 56.6 Å². The highest BCUT2D eigenvalue weighted by molar-refractivity contribution is 5.19. The van der Waals surface area contributed by atoms with E-state index in [9.17, 15) is 10.2 Å². The van der Waals surface area contributed by atoms with E-state index in [0.717, 1.165) is 30.8 Å². The molecule has 2 heterocycles. The first-order valence-corrected chi connectivity index (χ1v) is 9.26. The highest BCUT2D eigenvalue weighted by Crippen LogP contribution is 2.43. The number of nitrogens with zero attached hydrogens (tertiary/aromatic N) is 2. The molecule has 132 valence electrons. The van der Waals surface area contributed by atoms with Crippen molar-refractivity contribution in [2.45, 2.75) is 25.4 Å². The molecular formula is C21H26N2O2. The average Bonchev–Trinajstić information content (AvgIpc) is 3.14. The Morgan fingerprint density at radius 1 is 1.04 bits per heavy atom. The lowest BCUT2D eigenvalue weighted by atomic mass is 9.96. The van der Waals surface area contributed by atoms with Crippen LogP contribution in [0, 0.1) is 17.8 Å². The first-order chi connectivity index (χ1) is 12.2. The maximum Gasteiger partial charge on any atom is 0.133 e. The molecule has 0 spiro atoms. The number of fused-ring (bicyclic) bond motifs is 1. The zero-order valence-corrected chi connectivity index (χ0v) is 14.5. The van der Waals surface area contributed by atoms with Gasteiger partial charge in [0.15, 0.2) is 0 Å². The van der Waals surface area contributed by atoms with Crippen molar-refractivity contribution in [1.29, 1.82) is 0 Å². The van der Waals surface area contributed by atoms with Gasteiger partial charge >= 0.3 is 0 Å². The van der Waals surface area contributed by atoms with Crippen molar-refractivity contribution in [1.82, 2.24) is 9.88 Å². The van der Waals surface area contributed by atoms with E-state index in [0.29, 0.717) is 12.2 Å². The van der Waals surface area contributed by atoms with Gasteiger partial charge in [0.25, 0.3) is 0 Å². The van der Waals surface area contributed by atoms with Crippen LogP contribution in [0.25, 0.3) is 0 Å². The lowest BCUT2D eigenvalue weighted by Crippen LogP contribution is -2.28. The normalized spacial score (nSPS) is 27.3. The van der Waals surface area contributed by atoms with Crippen molar-refractivity contribution >= 4 is 0 Å². The summed E-state index contributed by atoms with van der Waals surface area (Å²) in [6, 6.07) is 14.1. The summed E-state index contributed by atoms with van der Waals surface area (Å²) >= 11 is 0. The predicted octanol–water partition coefficient (Wildman–Crippen LogP) is 3.02. The first-order valence-electron chi connectivity index (χ1n) is 9.26. The van der Waals surface area contributed by atoms with E-state index in [2.05, 4.69) is 40.2 Å². The molecule has 4 rings (SSSR count). The zero-order valence-electron chi connectivity index (χ0n) is 14.5. The number of aromatic hydroxyl groups is 1. The minimum atomic E-state index is -0.584. The van der Waals surface area contributed by atoms with Crippen LogP contribution in [0.2, 0.25) is 0 Å². The van der Waals surface area contributed by atoms with Crippen molar-refractivity contribution in [3.63, 3.8) is 0 Å². The zero-order chi connectivity index (χ0) is 17.2. The molecule has 1 aliphatic carbocycles. The Bertz CT molecular complexity index is 675. The molecule has 4 heteroatoms. The maximum atomic E-state index is 10.4. The third-order valence-electron chi connectivity index (χ3n) is 5.83. The summed E-state index contributed by atoms with van der Waals surface area (Å²) in [5, 5.41) is 19.7. The van der Waals surface area contributed by atoms with Crippen molar-refractivity contribution in [3.8, 4) is 5.75 Å². The van der Waals surface area contributed by atoms with Crippen molar-refractivity contribution in [2.75, 3.05) is 19.6 Å². The molecule has 3 unspecified atom stereocenters. The lowest BCUT2D eigenvalue weighted by molar-refractivity contribution is 0.117. The number of rotatable bonds is 5. The number of aliphatic hydroxyl groups excluding tert-OH is 1. The van der Waals surface area contributed by atoms with Gasteiger partial charge in [-0.3, -0.25) is 9.88 Å². The summed E-state index contributed by atoms with van der Waals surface area (Å²) in [5.41, 5.74) is 2.09. The van der Waals surface area contributed by atoms with Crippen LogP contribution in [0.3, 0.4) is 0 Å². The van der Waals surface area contributed by atoms with E-state index in [1.807, 2.05) is 0 Å². The van der Waals surface area contributed by atoms with Gasteiger partial charge in [-0.25, -0.2) is 0 Å². The average molecular weight is 338 g/mol. The molecule has 2 fully saturated rings. The second-order valence-electron chi connectivity index (χ2n) is 7.72. The lowest BCUT2D eigenvalue weighted by Gasteiger charge is -2.21. The van der Waals surface area contributed by atoms with Crippen LogP contribution in [0.5, 0.6) is 5.75 Å². The molecule has 4 nitrogen and oxygen atoms in total. The Labute approximate surface area is 149 Å². The molecule has 0 radical (unpaired) electrons. The number of likely N-dealkylation sites (tertiary alicyclic amines) is 1. The van der Waals surface area contributed by atoms with Crippen LogP contribution < -0.4 is 0 Å². The predicted molar refractivity (Wildman–Crippen MR) is 97.2 cm³/mol. The van der Waals surface area contributed by atoms with Gasteiger partial charge in [-0.1, -0.05) is 30.3 Å². The van der Waals surface area contributed by atoms with Gasteiger partial charge in [0.1, 0.15) is 11.9 Å². The fraction of sp³-hybridized carbons (Fsp3) is 0.476. The number of hydrogen-bond acceptors (Lipinski definition) is 4. The Balaban J connectivity index is 1.28. The maximum absolute atomic E-state index is 10.4. The molecule has 3 atom stereocenters. The van der Waals surface area contributed by atoms with Crippen LogP contribution >= 0.6 is 0 Å². The van der Waals surface area contributed by atoms with Crippen molar-refractivity contribution in [2.24, 2.45) is 17.8 Å². The smallest absolute Gasteiger partial charge is 0.133 e. The molecule has 1 aromatic heterocycles. The summed E-state index contributed by atoms with van der Waals surface area (Å²) in [4.78, 5) is 6.51. The second kappa shape index (κ2) is 7.14. The number of β-amino-alcohol motifs (C(OH)–C–C–N with tert-alkyl or cyclic N) is 1. The molecule has 2 aliphatic rings. The molecule has 0 amide bonds. The van der Waals surface area contributed by atoms with E-state index in [4.69, 9.17) is 0 Å². The van der Waals surface area contributed by atoms with Gasteiger partial charge in [0.05, 0.1) is 11.9 Å². The summed E-state index contributed by atoms with van der Waals surface area (Å²) in [7, 11) is 0. The third-order valence-corrected chi connectivity index (χ3v) is 5.83. The SMILES string of the molecule is Oc1ccc(C(O)CN2CC3CC(Cc4ccccc4)CC3C2)nc1. The molecule has 2 aromatic rings. The Hall–Kier alpha value is -1.91. The number of aromatic nitrogens is 1. The molecule has 1 aromatic carbocycles. The van der Waals surface area contributed by atoms with Crippen LogP contribution in [0.15, 0.2) is 48.7 Å². The first kappa shape index (κ1) is 16.6. The Morgan fingerprint density at radius 3 is 2.40 bits per heavy atom. The molecule has 0 bridgehead atoms. The monoisotopic (exact) mass is 338 g/mol. The number of aliphatic hydroxyl groups is 1. The number of hydrogen-bond donors (Lipinski definition) is 2. The molecule has 1 aliphatic heterocycles. The molecular weight excluding hydrogens is 312 g/mol. The van der Waals surface area contributed by atoms with Gasteiger partial charge in [-0.2, -0.15) is 0 Å². The van der Waals surface area contributed by atoms with Crippen molar-refractivity contribution < 1.29 is 10.2 Å². The summed E-state index contributed by atoms with van der Waals surface area (Å²) in [6.07, 6.45) is 4.63. The Morgan fingerprint density at radius 2 is 1.76 bits per heavy atom. The van der Waals surface area contributed by atoms with Crippen LogP contribution in [-0.2, 0) is 6.42 Å². The van der Waals surface area contributed by atoms with Gasteiger partial charge < -0.3 is 10.2 Å². The molecule has 2 N–H and O–H groups in total. The van der Waals surface area contributed by atoms with E-state index >= 15 is 0 Å². The van der Waals surface area contributed by atoms with Crippen LogP contribution in [0.4, 0.5) is 0 Å². The van der Waals surface area contributed by atoms with Gasteiger partial charge in [-0.05, 0) is 54.7 Å². The quantitative estimate of drug-likeness (QED) is 0.880. The third kappa shape index (κ3) is 3.86. The standard InChI is InChI=1S/C21H26N2O2/c24-19-6-7-20(22-11-19)21(25)14-23-12-17-9-16(10-18(17)13-23)8-15-4-2-1-3-5-15/h1-7,11,16-18,21,24-25H,8-10,12-14H2. The van der Waals surface area contributed by atoms with Crippen LogP contribution in [0.1, 0.15) is 30.2 Å². The summed E-state index contributed by atoms with van der Waals surface area (Å²) < 4.78 is 0. The highest BCUT2D eigenvalue weighted by atomic mass is 16.3. The largest absolute Gasteiger partial charge is 0.506 e. The van der Waals surface area contributed by atoms with E-state index in [1.54, 1.807) is 12.1 Å². The fourth-order valence-electron chi connectivity index (χ4n) is 4.72. The molecule has 25 heavy (non-hydrogen) atoms. The summed E-state index contributed by atoms with van der Waals surface area (Å²) in [6.45, 7) is 2.81. The highest BCUT2D eigenvalue weighted by Gasteiger charge is 2.41. The van der Waals surface area contributed by atoms with Gasteiger partial charge in [-0.15, -0.1) is 0 Å². The summed E-state index contributed by atoms with van der Waals surface area (Å²) in [5.74, 6) is 2.49. The van der Waals surface area contributed by atoms with E-state index in [1.165, 1.54) is 31.0 Å².